The summed E-state index contributed by atoms with van der Waals surface area (Å²) in [7, 11) is 8.31. The first-order valence-electron chi connectivity index (χ1n) is 17.0. The lowest BCUT2D eigenvalue weighted by molar-refractivity contribution is -0.0639. The predicted molar refractivity (Wildman–Crippen MR) is 167 cm³/mol. The number of nitrogens with zero attached hydrogens (tertiary/aromatic N) is 2. The number of hydrogen-bond donors (Lipinski definition) is 0. The van der Waals surface area contributed by atoms with Crippen LogP contribution in [0.15, 0.2) is 24.4 Å². The van der Waals surface area contributed by atoms with E-state index in [0.29, 0.717) is 24.4 Å². The van der Waals surface area contributed by atoms with Gasteiger partial charge in [0.25, 0.3) is 0 Å². The highest BCUT2D eigenvalue weighted by atomic mass is 16.5. The van der Waals surface area contributed by atoms with Gasteiger partial charge in [-0.3, -0.25) is 0 Å². The third-order valence-corrected chi connectivity index (χ3v) is 12.0. The van der Waals surface area contributed by atoms with Gasteiger partial charge in [0.2, 0.25) is 0 Å². The first-order valence-corrected chi connectivity index (χ1v) is 17.0. The van der Waals surface area contributed by atoms with Crippen molar-refractivity contribution in [2.75, 3.05) is 34.9 Å². The summed E-state index contributed by atoms with van der Waals surface area (Å²) < 4.78 is 18.2. The maximum absolute atomic E-state index is 6.79. The lowest BCUT2D eigenvalue weighted by Crippen LogP contribution is -2.51. The van der Waals surface area contributed by atoms with E-state index in [4.69, 9.17) is 14.2 Å². The zero-order valence-electron chi connectivity index (χ0n) is 26.3. The van der Waals surface area contributed by atoms with Gasteiger partial charge in [-0.1, -0.05) is 6.07 Å². The summed E-state index contributed by atoms with van der Waals surface area (Å²) in [6, 6.07) is 7.74. The van der Waals surface area contributed by atoms with E-state index in [9.17, 15) is 0 Å². The van der Waals surface area contributed by atoms with Gasteiger partial charge < -0.3 is 24.0 Å². The summed E-state index contributed by atoms with van der Waals surface area (Å²) in [5.41, 5.74) is 2.76. The van der Waals surface area contributed by atoms with Crippen molar-refractivity contribution in [1.29, 1.82) is 0 Å². The van der Waals surface area contributed by atoms with Crippen LogP contribution in [0.25, 0.3) is 6.08 Å². The highest BCUT2D eigenvalue weighted by Gasteiger charge is 2.42. The Bertz CT molecular complexity index is 1010. The second-order valence-electron chi connectivity index (χ2n) is 14.3. The van der Waals surface area contributed by atoms with Crippen LogP contribution >= 0.6 is 0 Å². The SMILES string of the molecule is COc1ccc2c(c1)C(CC1CCC(OC3CCC(CC4C5CC(OC)CCC5CCN4C)CC3)CC1)N(C)C=C2. The molecular weight excluding hydrogens is 508 g/mol. The maximum Gasteiger partial charge on any atom is 0.119 e. The molecule has 4 fully saturated rings. The van der Waals surface area contributed by atoms with Gasteiger partial charge in [0.05, 0.1) is 31.5 Å². The van der Waals surface area contributed by atoms with Crippen LogP contribution in [-0.2, 0) is 9.47 Å². The molecule has 5 unspecified atom stereocenters. The lowest BCUT2D eigenvalue weighted by atomic mass is 9.67. The number of rotatable bonds is 8. The zero-order chi connectivity index (χ0) is 28.3. The Morgan fingerprint density at radius 3 is 2.15 bits per heavy atom. The fourth-order valence-corrected chi connectivity index (χ4v) is 9.36. The van der Waals surface area contributed by atoms with Crippen molar-refractivity contribution < 1.29 is 14.2 Å². The van der Waals surface area contributed by atoms with Gasteiger partial charge in [0.1, 0.15) is 5.75 Å². The van der Waals surface area contributed by atoms with Crippen LogP contribution in [-0.4, -0.2) is 69.0 Å². The predicted octanol–water partition coefficient (Wildman–Crippen LogP) is 7.70. The Labute approximate surface area is 250 Å². The molecule has 0 bridgehead atoms. The molecule has 0 amide bonds. The Kier molecular flexibility index (Phi) is 9.64. The summed E-state index contributed by atoms with van der Waals surface area (Å²) >= 11 is 0. The molecular formula is C36H56N2O3. The van der Waals surface area contributed by atoms with Crippen molar-refractivity contribution in [2.45, 2.75) is 120 Å². The molecule has 3 saturated carbocycles. The van der Waals surface area contributed by atoms with Crippen molar-refractivity contribution in [2.24, 2.45) is 23.7 Å². The molecule has 1 aromatic rings. The van der Waals surface area contributed by atoms with Gasteiger partial charge >= 0.3 is 0 Å². The highest BCUT2D eigenvalue weighted by Crippen LogP contribution is 2.44. The van der Waals surface area contributed by atoms with Gasteiger partial charge in [-0.15, -0.1) is 0 Å². The minimum atomic E-state index is 0.440. The van der Waals surface area contributed by atoms with Crippen LogP contribution in [0.5, 0.6) is 5.75 Å². The summed E-state index contributed by atoms with van der Waals surface area (Å²) in [4.78, 5) is 5.11. The number of piperidine rings is 1. The Hall–Kier alpha value is -1.56. The van der Waals surface area contributed by atoms with Crippen LogP contribution in [0, 0.1) is 23.7 Å². The molecule has 5 aliphatic rings. The fourth-order valence-electron chi connectivity index (χ4n) is 9.36. The van der Waals surface area contributed by atoms with E-state index in [-0.39, 0.29) is 0 Å². The molecule has 3 aliphatic carbocycles. The van der Waals surface area contributed by atoms with Crippen molar-refractivity contribution >= 4 is 6.08 Å². The van der Waals surface area contributed by atoms with Crippen LogP contribution in [0.1, 0.15) is 107 Å². The standard InChI is InChI=1S/C36H56N2O3/c1-37-19-17-27-9-15-31(39-3)23-33(27)35(37)21-25-5-11-29(12-6-25)41-30-13-7-26(8-14-30)22-36-34-24-32(40-4)16-10-28(34)18-20-38(36)2/h9,15,17,19,23,25-26,28-30,32,34-36H,5-8,10-14,16,18,20-22,24H2,1-4H3. The van der Waals surface area contributed by atoms with Gasteiger partial charge in [-0.2, -0.15) is 0 Å². The molecule has 5 nitrogen and oxygen atoms in total. The van der Waals surface area contributed by atoms with Crippen LogP contribution in [0.2, 0.25) is 0 Å². The Balaban J connectivity index is 0.945. The fraction of sp³-hybridized carbons (Fsp3) is 0.778. The average molecular weight is 565 g/mol. The molecule has 1 saturated heterocycles. The molecule has 0 aromatic heterocycles. The second-order valence-corrected chi connectivity index (χ2v) is 14.3. The van der Waals surface area contributed by atoms with E-state index in [0.717, 1.165) is 35.5 Å². The number of fused-ring (bicyclic) bond motifs is 2. The minimum Gasteiger partial charge on any atom is -0.497 e. The molecule has 6 rings (SSSR count). The third kappa shape index (κ3) is 6.83. The highest BCUT2D eigenvalue weighted by molar-refractivity contribution is 5.58. The number of hydrogen-bond acceptors (Lipinski definition) is 5. The molecule has 2 aliphatic heterocycles. The van der Waals surface area contributed by atoms with Gasteiger partial charge in [-0.25, -0.2) is 0 Å². The van der Waals surface area contributed by atoms with Crippen LogP contribution in [0.4, 0.5) is 0 Å². The number of ether oxygens (including phenoxy) is 3. The molecule has 2 heterocycles. The molecule has 0 radical (unpaired) electrons. The van der Waals surface area contributed by atoms with Gasteiger partial charge in [0, 0.05) is 20.2 Å². The molecule has 0 spiro atoms. The molecule has 5 heteroatoms. The Morgan fingerprint density at radius 2 is 1.46 bits per heavy atom. The van der Waals surface area contributed by atoms with E-state index >= 15 is 0 Å². The van der Waals surface area contributed by atoms with Crippen LogP contribution in [0.3, 0.4) is 0 Å². The van der Waals surface area contributed by atoms with Gasteiger partial charge in [0.15, 0.2) is 0 Å². The Morgan fingerprint density at radius 1 is 0.780 bits per heavy atom. The summed E-state index contributed by atoms with van der Waals surface area (Å²) in [6.07, 6.45) is 24.2. The quantitative estimate of drug-likeness (QED) is 0.323. The minimum absolute atomic E-state index is 0.440. The summed E-state index contributed by atoms with van der Waals surface area (Å²) in [5.74, 6) is 4.40. The molecule has 5 atom stereocenters. The zero-order valence-corrected chi connectivity index (χ0v) is 26.3. The van der Waals surface area contributed by atoms with E-state index < -0.39 is 0 Å². The number of methoxy groups -OCH3 is 2. The molecule has 228 valence electrons. The molecule has 0 N–H and O–H groups in total. The van der Waals surface area contributed by atoms with Gasteiger partial charge in [-0.05, 0) is 163 Å². The molecule has 1 aromatic carbocycles. The number of benzene rings is 1. The number of likely N-dealkylation sites (tertiary alicyclic amines) is 1. The monoisotopic (exact) mass is 564 g/mol. The largest absolute Gasteiger partial charge is 0.497 e. The maximum atomic E-state index is 6.79. The smallest absolute Gasteiger partial charge is 0.119 e. The third-order valence-electron chi connectivity index (χ3n) is 12.0. The lowest BCUT2D eigenvalue weighted by Gasteiger charge is -2.49. The van der Waals surface area contributed by atoms with E-state index in [2.05, 4.69) is 54.4 Å². The molecule has 41 heavy (non-hydrogen) atoms. The summed E-state index contributed by atoms with van der Waals surface area (Å²) in [6.45, 7) is 1.29. The first kappa shape index (κ1) is 29.5. The van der Waals surface area contributed by atoms with Crippen molar-refractivity contribution in [1.82, 2.24) is 9.80 Å². The van der Waals surface area contributed by atoms with Crippen molar-refractivity contribution in [3.63, 3.8) is 0 Å². The van der Waals surface area contributed by atoms with E-state index in [1.165, 1.54) is 108 Å². The van der Waals surface area contributed by atoms with Crippen molar-refractivity contribution in [3.8, 4) is 5.75 Å². The first-order chi connectivity index (χ1) is 20.0. The van der Waals surface area contributed by atoms with E-state index in [1.807, 2.05) is 7.11 Å². The summed E-state index contributed by atoms with van der Waals surface area (Å²) in [5, 5.41) is 0. The second kappa shape index (κ2) is 13.4. The van der Waals surface area contributed by atoms with Crippen molar-refractivity contribution in [3.05, 3.63) is 35.5 Å². The topological polar surface area (TPSA) is 34.2 Å². The van der Waals surface area contributed by atoms with Crippen LogP contribution < -0.4 is 4.74 Å². The normalized spacial score (nSPS) is 37.9. The average Bonchev–Trinajstić information content (AvgIpc) is 3.01. The van der Waals surface area contributed by atoms with E-state index in [1.54, 1.807) is 7.11 Å².